The molecule has 1 saturated carbocycles. The van der Waals surface area contributed by atoms with E-state index in [1.165, 1.54) is 0 Å². The summed E-state index contributed by atoms with van der Waals surface area (Å²) in [6.07, 6.45) is -1.28. The zero-order valence-corrected chi connectivity index (χ0v) is 16.6. The third kappa shape index (κ3) is 3.37. The van der Waals surface area contributed by atoms with Crippen LogP contribution < -0.4 is 10.1 Å². The van der Waals surface area contributed by atoms with Gasteiger partial charge in [-0.05, 0) is 35.7 Å². The molecule has 2 fully saturated rings. The van der Waals surface area contributed by atoms with Crippen LogP contribution in [0.4, 0.5) is 5.69 Å². The fraction of sp³-hybridized carbons (Fsp3) is 0.435. The van der Waals surface area contributed by atoms with Gasteiger partial charge in [0.15, 0.2) is 0 Å². The average molecular weight is 410 g/mol. The second-order valence-electron chi connectivity index (χ2n) is 8.69. The Kier molecular flexibility index (Phi) is 4.78. The molecule has 1 saturated heterocycles. The third-order valence-corrected chi connectivity index (χ3v) is 6.64. The van der Waals surface area contributed by atoms with Gasteiger partial charge in [-0.1, -0.05) is 30.3 Å². The normalized spacial score (nSPS) is 31.3. The van der Waals surface area contributed by atoms with Gasteiger partial charge in [0, 0.05) is 31.2 Å². The molecule has 3 aliphatic rings. The molecule has 2 aromatic carbocycles. The molecule has 0 aromatic heterocycles. The number of carbonyl (C=O) groups is 1. The quantitative estimate of drug-likeness (QED) is 0.589. The van der Waals surface area contributed by atoms with Crippen molar-refractivity contribution in [3.8, 4) is 5.75 Å². The van der Waals surface area contributed by atoms with Crippen LogP contribution in [0.3, 0.4) is 0 Å². The van der Waals surface area contributed by atoms with E-state index >= 15 is 0 Å². The Morgan fingerprint density at radius 2 is 2.03 bits per heavy atom. The van der Waals surface area contributed by atoms with Crippen LogP contribution in [-0.4, -0.2) is 63.6 Å². The van der Waals surface area contributed by atoms with Crippen LogP contribution in [0, 0.1) is 5.92 Å². The SMILES string of the molecule is O=C1Cc2cc([C@H](O)CN3C[C@H]4C[C@H](Oc5ccccc5)[C@H](O)[C@@]4(O)C3)ccc2N1. The van der Waals surface area contributed by atoms with Gasteiger partial charge in [0.25, 0.3) is 0 Å². The van der Waals surface area contributed by atoms with Crippen LogP contribution in [0.2, 0.25) is 0 Å². The number of aliphatic hydroxyl groups is 3. The topological polar surface area (TPSA) is 102 Å². The predicted octanol–water partition coefficient (Wildman–Crippen LogP) is 1.09. The number of ether oxygens (including phenoxy) is 1. The Balaban J connectivity index is 1.22. The van der Waals surface area contributed by atoms with E-state index in [2.05, 4.69) is 5.32 Å². The molecule has 7 heteroatoms. The van der Waals surface area contributed by atoms with Crippen molar-refractivity contribution in [1.82, 2.24) is 4.90 Å². The number of likely N-dealkylation sites (tertiary alicyclic amines) is 1. The van der Waals surface area contributed by atoms with Crippen molar-refractivity contribution in [3.05, 3.63) is 59.7 Å². The minimum atomic E-state index is -1.24. The van der Waals surface area contributed by atoms with Gasteiger partial charge >= 0.3 is 0 Å². The number of benzene rings is 2. The fourth-order valence-corrected chi connectivity index (χ4v) is 5.10. The number of nitrogens with one attached hydrogen (secondary N) is 1. The molecule has 0 spiro atoms. The molecule has 0 bridgehead atoms. The summed E-state index contributed by atoms with van der Waals surface area (Å²) in [5.41, 5.74) is 1.20. The van der Waals surface area contributed by atoms with Crippen molar-refractivity contribution in [2.75, 3.05) is 25.0 Å². The van der Waals surface area contributed by atoms with Crippen molar-refractivity contribution < 1.29 is 24.9 Å². The first-order valence-corrected chi connectivity index (χ1v) is 10.4. The molecule has 7 nitrogen and oxygen atoms in total. The standard InChI is InChI=1S/C23H26N2O5/c26-19(14-6-7-18-15(8-14)9-21(27)24-18)12-25-11-16-10-20(22(28)23(16,29)13-25)30-17-4-2-1-3-5-17/h1-8,16,19-20,22,26,28-29H,9-13H2,(H,24,27)/t16-,19-,20+,22+,23-/m1/s1. The van der Waals surface area contributed by atoms with E-state index in [1.807, 2.05) is 53.4 Å². The minimum Gasteiger partial charge on any atom is -0.488 e. The van der Waals surface area contributed by atoms with E-state index in [0.29, 0.717) is 31.7 Å². The minimum absolute atomic E-state index is 0.0347. The number of nitrogens with zero attached hydrogens (tertiary/aromatic N) is 1. The van der Waals surface area contributed by atoms with Gasteiger partial charge < -0.3 is 25.4 Å². The van der Waals surface area contributed by atoms with Gasteiger partial charge in [-0.15, -0.1) is 0 Å². The number of amides is 1. The summed E-state index contributed by atoms with van der Waals surface area (Å²) < 4.78 is 5.91. The molecule has 1 aliphatic carbocycles. The smallest absolute Gasteiger partial charge is 0.228 e. The van der Waals surface area contributed by atoms with Gasteiger partial charge in [-0.2, -0.15) is 0 Å². The lowest BCUT2D eigenvalue weighted by molar-refractivity contribution is -0.115. The summed E-state index contributed by atoms with van der Waals surface area (Å²) in [4.78, 5) is 13.5. The summed E-state index contributed by atoms with van der Waals surface area (Å²) >= 11 is 0. The third-order valence-electron chi connectivity index (χ3n) is 6.64. The second kappa shape index (κ2) is 7.35. The van der Waals surface area contributed by atoms with Crippen molar-refractivity contribution in [2.45, 2.75) is 36.8 Å². The van der Waals surface area contributed by atoms with Crippen molar-refractivity contribution in [1.29, 1.82) is 0 Å². The van der Waals surface area contributed by atoms with Gasteiger partial charge in [0.05, 0.1) is 12.5 Å². The number of rotatable bonds is 5. The van der Waals surface area contributed by atoms with E-state index in [-0.39, 0.29) is 18.4 Å². The highest BCUT2D eigenvalue weighted by atomic mass is 16.5. The monoisotopic (exact) mass is 410 g/mol. The summed E-state index contributed by atoms with van der Waals surface area (Å²) in [6, 6.07) is 14.8. The molecule has 0 radical (unpaired) electrons. The average Bonchev–Trinajstić information content (AvgIpc) is 3.32. The summed E-state index contributed by atoms with van der Waals surface area (Å²) in [6.45, 7) is 1.23. The Labute approximate surface area is 174 Å². The number of aliphatic hydroxyl groups excluding tert-OH is 2. The van der Waals surface area contributed by atoms with E-state index in [9.17, 15) is 20.1 Å². The highest BCUT2D eigenvalue weighted by Gasteiger charge is 2.59. The summed E-state index contributed by atoms with van der Waals surface area (Å²) in [7, 11) is 0. The number of fused-ring (bicyclic) bond motifs is 2. The molecule has 2 heterocycles. The van der Waals surface area contributed by atoms with Crippen LogP contribution in [0.25, 0.3) is 0 Å². The summed E-state index contributed by atoms with van der Waals surface area (Å²) in [5, 5.41) is 35.4. The van der Waals surface area contributed by atoms with E-state index in [0.717, 1.165) is 16.8 Å². The molecule has 2 aliphatic heterocycles. The first kappa shape index (κ1) is 19.5. The fourth-order valence-electron chi connectivity index (χ4n) is 5.10. The van der Waals surface area contributed by atoms with Crippen molar-refractivity contribution in [3.63, 3.8) is 0 Å². The van der Waals surface area contributed by atoms with Gasteiger partial charge in [-0.3, -0.25) is 9.69 Å². The maximum Gasteiger partial charge on any atom is 0.228 e. The Hall–Kier alpha value is -2.45. The Bertz CT molecular complexity index is 952. The van der Waals surface area contributed by atoms with Crippen LogP contribution in [0.15, 0.2) is 48.5 Å². The molecule has 5 rings (SSSR count). The van der Waals surface area contributed by atoms with Crippen LogP contribution in [0.5, 0.6) is 5.75 Å². The van der Waals surface area contributed by atoms with Crippen molar-refractivity contribution in [2.24, 2.45) is 5.92 Å². The molecule has 30 heavy (non-hydrogen) atoms. The maximum absolute atomic E-state index is 11.5. The molecule has 5 atom stereocenters. The first-order valence-electron chi connectivity index (χ1n) is 10.4. The van der Waals surface area contributed by atoms with E-state index < -0.39 is 23.9 Å². The highest BCUT2D eigenvalue weighted by Crippen LogP contribution is 2.43. The lowest BCUT2D eigenvalue weighted by Crippen LogP contribution is -2.49. The largest absolute Gasteiger partial charge is 0.488 e. The van der Waals surface area contributed by atoms with Crippen LogP contribution in [-0.2, 0) is 11.2 Å². The zero-order valence-electron chi connectivity index (χ0n) is 16.6. The molecule has 158 valence electrons. The zero-order chi connectivity index (χ0) is 20.9. The first-order chi connectivity index (χ1) is 14.4. The molecule has 4 N–H and O–H groups in total. The summed E-state index contributed by atoms with van der Waals surface area (Å²) in [5.74, 6) is 0.532. The van der Waals surface area contributed by atoms with Crippen LogP contribution in [0.1, 0.15) is 23.7 Å². The van der Waals surface area contributed by atoms with Gasteiger partial charge in [-0.25, -0.2) is 0 Å². The molecular formula is C23H26N2O5. The number of hydrogen-bond acceptors (Lipinski definition) is 6. The van der Waals surface area contributed by atoms with E-state index in [4.69, 9.17) is 4.74 Å². The van der Waals surface area contributed by atoms with Gasteiger partial charge in [0.1, 0.15) is 23.6 Å². The van der Waals surface area contributed by atoms with Crippen LogP contribution >= 0.6 is 0 Å². The number of hydrogen-bond donors (Lipinski definition) is 4. The Morgan fingerprint density at radius 1 is 1.23 bits per heavy atom. The predicted molar refractivity (Wildman–Crippen MR) is 110 cm³/mol. The lowest BCUT2D eigenvalue weighted by Gasteiger charge is -2.29. The van der Waals surface area contributed by atoms with Crippen molar-refractivity contribution >= 4 is 11.6 Å². The van der Waals surface area contributed by atoms with E-state index in [1.54, 1.807) is 0 Å². The molecular weight excluding hydrogens is 384 g/mol. The molecule has 2 aromatic rings. The number of β-amino-alcohol motifs (C(OH)–C–C–N with tert-alkyl or cyclic N) is 2. The van der Waals surface area contributed by atoms with Gasteiger partial charge in [0.2, 0.25) is 5.91 Å². The number of anilines is 1. The molecule has 1 amide bonds. The second-order valence-corrected chi connectivity index (χ2v) is 8.69. The number of para-hydroxylation sites is 1. The molecule has 0 unspecified atom stereocenters. The number of carbonyl (C=O) groups excluding carboxylic acids is 1. The highest BCUT2D eigenvalue weighted by molar-refractivity contribution is 5.99. The lowest BCUT2D eigenvalue weighted by atomic mass is 9.93. The maximum atomic E-state index is 11.5. The Morgan fingerprint density at radius 3 is 2.80 bits per heavy atom.